The molecule has 0 amide bonds. The predicted octanol–water partition coefficient (Wildman–Crippen LogP) is 4.59. The molecule has 1 heterocycles. The molecule has 2 aromatic carbocycles. The van der Waals surface area contributed by atoms with Crippen LogP contribution in [0.2, 0.25) is 0 Å². The van der Waals surface area contributed by atoms with E-state index in [1.165, 1.54) is 0 Å². The van der Waals surface area contributed by atoms with Crippen molar-refractivity contribution in [1.82, 2.24) is 0 Å². The highest BCUT2D eigenvalue weighted by molar-refractivity contribution is 9.10. The van der Waals surface area contributed by atoms with Crippen molar-refractivity contribution in [3.63, 3.8) is 0 Å². The summed E-state index contributed by atoms with van der Waals surface area (Å²) in [5.74, 6) is 1.24. The first-order valence-corrected chi connectivity index (χ1v) is 10.1. The second-order valence-corrected chi connectivity index (χ2v) is 7.17. The lowest BCUT2D eigenvalue weighted by molar-refractivity contribution is 0.104. The number of halogens is 1. The summed E-state index contributed by atoms with van der Waals surface area (Å²) in [5, 5.41) is 0. The summed E-state index contributed by atoms with van der Waals surface area (Å²) in [7, 11) is 1.60. The molecule has 28 heavy (non-hydrogen) atoms. The highest BCUT2D eigenvalue weighted by atomic mass is 79.9. The molecule has 0 aromatic heterocycles. The maximum Gasteiger partial charge on any atom is 0.185 e. The summed E-state index contributed by atoms with van der Waals surface area (Å²) in [5.41, 5.74) is 2.57. The Balaban J connectivity index is 1.78. The lowest BCUT2D eigenvalue weighted by atomic mass is 10.1. The smallest absolute Gasteiger partial charge is 0.185 e. The maximum absolute atomic E-state index is 12.7. The molecule has 1 saturated heterocycles. The van der Waals surface area contributed by atoms with Gasteiger partial charge in [0.15, 0.2) is 17.3 Å². The van der Waals surface area contributed by atoms with Crippen LogP contribution in [0.4, 0.5) is 5.69 Å². The Morgan fingerprint density at radius 2 is 2.04 bits per heavy atom. The zero-order chi connectivity index (χ0) is 19.9. The van der Waals surface area contributed by atoms with E-state index in [9.17, 15) is 4.79 Å². The number of benzene rings is 2. The summed E-state index contributed by atoms with van der Waals surface area (Å²) < 4.78 is 17.2. The first-order valence-electron chi connectivity index (χ1n) is 9.28. The van der Waals surface area contributed by atoms with E-state index in [4.69, 9.17) is 14.2 Å². The van der Waals surface area contributed by atoms with E-state index < -0.39 is 0 Å². The van der Waals surface area contributed by atoms with Gasteiger partial charge in [-0.2, -0.15) is 0 Å². The van der Waals surface area contributed by atoms with E-state index >= 15 is 0 Å². The van der Waals surface area contributed by atoms with E-state index in [0.29, 0.717) is 36.9 Å². The van der Waals surface area contributed by atoms with Crippen LogP contribution >= 0.6 is 15.9 Å². The minimum atomic E-state index is -0.0417. The number of carbonyl (C=O) groups excluding carboxylic acids is 1. The highest BCUT2D eigenvalue weighted by Crippen LogP contribution is 2.37. The minimum absolute atomic E-state index is 0.0417. The molecule has 1 aliphatic rings. The maximum atomic E-state index is 12.7. The standard InChI is InChI=1S/C22H24BrNO4/c1-3-28-21-14-16(13-19(23)22(21)26-2)7-8-20(25)17-5-4-6-18(15-17)24-9-11-27-12-10-24/h4-8,13-15H,3,9-12H2,1-2H3. The van der Waals surface area contributed by atoms with Crippen LogP contribution in [0.15, 0.2) is 46.9 Å². The van der Waals surface area contributed by atoms with Gasteiger partial charge in [-0.1, -0.05) is 18.2 Å². The van der Waals surface area contributed by atoms with E-state index in [1.807, 2.05) is 43.3 Å². The zero-order valence-corrected chi connectivity index (χ0v) is 17.7. The Kier molecular flexibility index (Phi) is 7.12. The van der Waals surface area contributed by atoms with Crippen molar-refractivity contribution in [3.05, 3.63) is 58.1 Å². The zero-order valence-electron chi connectivity index (χ0n) is 16.1. The van der Waals surface area contributed by atoms with Gasteiger partial charge >= 0.3 is 0 Å². The number of rotatable bonds is 7. The Labute approximate surface area is 174 Å². The Morgan fingerprint density at radius 3 is 2.75 bits per heavy atom. The van der Waals surface area contributed by atoms with Crippen LogP contribution in [0.3, 0.4) is 0 Å². The molecule has 3 rings (SSSR count). The van der Waals surface area contributed by atoms with Crippen LogP contribution in [0.5, 0.6) is 11.5 Å². The van der Waals surface area contributed by atoms with Crippen molar-refractivity contribution in [2.24, 2.45) is 0 Å². The van der Waals surface area contributed by atoms with Gasteiger partial charge in [0.25, 0.3) is 0 Å². The number of nitrogens with zero attached hydrogens (tertiary/aromatic N) is 1. The molecule has 0 unspecified atom stereocenters. The monoisotopic (exact) mass is 445 g/mol. The summed E-state index contributed by atoms with van der Waals surface area (Å²) in [6.45, 7) is 5.56. The average Bonchev–Trinajstić information content (AvgIpc) is 2.73. The third-order valence-corrected chi connectivity index (χ3v) is 5.06. The quantitative estimate of drug-likeness (QED) is 0.460. The summed E-state index contributed by atoms with van der Waals surface area (Å²) in [6.07, 6.45) is 3.37. The van der Waals surface area contributed by atoms with E-state index in [2.05, 4.69) is 20.8 Å². The van der Waals surface area contributed by atoms with Crippen molar-refractivity contribution in [1.29, 1.82) is 0 Å². The van der Waals surface area contributed by atoms with Crippen molar-refractivity contribution in [3.8, 4) is 11.5 Å². The van der Waals surface area contributed by atoms with Crippen LogP contribution < -0.4 is 14.4 Å². The Morgan fingerprint density at radius 1 is 1.25 bits per heavy atom. The third kappa shape index (κ3) is 4.94. The molecule has 0 atom stereocenters. The average molecular weight is 446 g/mol. The third-order valence-electron chi connectivity index (χ3n) is 4.47. The molecular weight excluding hydrogens is 422 g/mol. The fraction of sp³-hybridized carbons (Fsp3) is 0.318. The molecule has 0 N–H and O–H groups in total. The van der Waals surface area contributed by atoms with Crippen molar-refractivity contribution >= 4 is 33.5 Å². The summed E-state index contributed by atoms with van der Waals surface area (Å²) >= 11 is 3.49. The van der Waals surface area contributed by atoms with Crippen molar-refractivity contribution in [2.45, 2.75) is 6.92 Å². The van der Waals surface area contributed by atoms with Crippen LogP contribution in [0, 0.1) is 0 Å². The fourth-order valence-electron chi connectivity index (χ4n) is 3.09. The molecule has 0 spiro atoms. The minimum Gasteiger partial charge on any atom is -0.492 e. The molecule has 6 heteroatoms. The van der Waals surface area contributed by atoms with E-state index in [-0.39, 0.29) is 5.78 Å². The molecule has 148 valence electrons. The molecule has 0 bridgehead atoms. The van der Waals surface area contributed by atoms with Gasteiger partial charge in [-0.05, 0) is 58.8 Å². The van der Waals surface area contributed by atoms with Crippen molar-refractivity contribution in [2.75, 3.05) is 44.9 Å². The summed E-state index contributed by atoms with van der Waals surface area (Å²) in [4.78, 5) is 14.9. The first kappa shape index (κ1) is 20.4. The van der Waals surface area contributed by atoms with Crippen LogP contribution in [0.1, 0.15) is 22.8 Å². The molecule has 2 aromatic rings. The number of methoxy groups -OCH3 is 1. The molecule has 0 saturated carbocycles. The van der Waals surface area contributed by atoms with Crippen LogP contribution in [0.25, 0.3) is 6.08 Å². The first-order chi connectivity index (χ1) is 13.6. The Bertz CT molecular complexity index is 860. The fourth-order valence-corrected chi connectivity index (χ4v) is 3.71. The normalized spacial score (nSPS) is 14.3. The number of morpholine rings is 1. The van der Waals surface area contributed by atoms with Gasteiger partial charge in [-0.15, -0.1) is 0 Å². The van der Waals surface area contributed by atoms with Gasteiger partial charge in [0.2, 0.25) is 0 Å². The summed E-state index contributed by atoms with van der Waals surface area (Å²) in [6, 6.07) is 11.5. The number of allylic oxidation sites excluding steroid dienone is 1. The molecule has 0 aliphatic carbocycles. The molecule has 1 aliphatic heterocycles. The number of anilines is 1. The van der Waals surface area contributed by atoms with E-state index in [0.717, 1.165) is 28.8 Å². The van der Waals surface area contributed by atoms with Crippen molar-refractivity contribution < 1.29 is 19.0 Å². The van der Waals surface area contributed by atoms with E-state index in [1.54, 1.807) is 19.3 Å². The lowest BCUT2D eigenvalue weighted by Gasteiger charge is -2.29. The van der Waals surface area contributed by atoms with Crippen LogP contribution in [-0.4, -0.2) is 45.8 Å². The second-order valence-electron chi connectivity index (χ2n) is 6.31. The van der Waals surface area contributed by atoms with Crippen LogP contribution in [-0.2, 0) is 4.74 Å². The van der Waals surface area contributed by atoms with Gasteiger partial charge in [-0.25, -0.2) is 0 Å². The number of ketones is 1. The van der Waals surface area contributed by atoms with Gasteiger partial charge in [0.05, 0.1) is 31.4 Å². The lowest BCUT2D eigenvalue weighted by Crippen LogP contribution is -2.36. The molecule has 5 nitrogen and oxygen atoms in total. The number of ether oxygens (including phenoxy) is 3. The van der Waals surface area contributed by atoms with Gasteiger partial charge in [0.1, 0.15) is 0 Å². The molecular formula is C22H24BrNO4. The Hall–Kier alpha value is -2.31. The van der Waals surface area contributed by atoms with Gasteiger partial charge in [-0.3, -0.25) is 4.79 Å². The largest absolute Gasteiger partial charge is 0.492 e. The van der Waals surface area contributed by atoms with Gasteiger partial charge in [0, 0.05) is 24.3 Å². The number of hydrogen-bond donors (Lipinski definition) is 0. The molecule has 0 radical (unpaired) electrons. The topological polar surface area (TPSA) is 48.0 Å². The predicted molar refractivity (Wildman–Crippen MR) is 115 cm³/mol. The highest BCUT2D eigenvalue weighted by Gasteiger charge is 2.13. The number of carbonyl (C=O) groups is 1. The SMILES string of the molecule is CCOc1cc(C=CC(=O)c2cccc(N3CCOCC3)c2)cc(Br)c1OC. The van der Waals surface area contributed by atoms with Gasteiger partial charge < -0.3 is 19.1 Å². The molecule has 1 fully saturated rings. The number of hydrogen-bond acceptors (Lipinski definition) is 5. The second kappa shape index (κ2) is 9.75.